The average Bonchev–Trinajstić information content (AvgIpc) is 2.69. The van der Waals surface area contributed by atoms with Crippen LogP contribution < -0.4 is 0 Å². The fraction of sp³-hybridized carbons (Fsp3) is 0.333. The first kappa shape index (κ1) is 21.1. The quantitative estimate of drug-likeness (QED) is 0.244. The van der Waals surface area contributed by atoms with Gasteiger partial charge in [-0.15, -0.1) is 0 Å². The van der Waals surface area contributed by atoms with Gasteiger partial charge < -0.3 is 0 Å². The molecule has 3 aromatic rings. The molecule has 0 unspecified atom stereocenters. The van der Waals surface area contributed by atoms with Gasteiger partial charge in [-0.05, 0) is 0 Å². The van der Waals surface area contributed by atoms with Gasteiger partial charge in [-0.1, -0.05) is 0 Å². The summed E-state index contributed by atoms with van der Waals surface area (Å²) in [6, 6.07) is 33.5. The molecule has 0 aromatic heterocycles. The zero-order valence-electron chi connectivity index (χ0n) is 18.0. The van der Waals surface area contributed by atoms with Crippen molar-refractivity contribution in [2.75, 3.05) is 0 Å². The Bertz CT molecular complexity index is 755. The molecule has 0 aliphatic heterocycles. The van der Waals surface area contributed by atoms with Gasteiger partial charge in [-0.3, -0.25) is 0 Å². The Labute approximate surface area is 178 Å². The summed E-state index contributed by atoms with van der Waals surface area (Å²) in [6.07, 6.45) is 0. The molecular formula is C27H33I. The standard InChI is InChI=1S/C27H33I/c1-25(2,22-16-10-7-11-17-22)28(26(3,4)23-18-12-8-13-19-23)27(5,6)24-20-14-9-15-21-24/h7-21H,1-6H3. The number of hydrogen-bond acceptors (Lipinski definition) is 0. The molecule has 0 nitrogen and oxygen atoms in total. The van der Waals surface area contributed by atoms with Crippen molar-refractivity contribution in [3.05, 3.63) is 108 Å². The zero-order chi connectivity index (χ0) is 20.4. The van der Waals surface area contributed by atoms with Crippen molar-refractivity contribution < 1.29 is 0 Å². The molecule has 0 spiro atoms. The van der Waals surface area contributed by atoms with Crippen LogP contribution in [0.25, 0.3) is 0 Å². The topological polar surface area (TPSA) is 0 Å². The maximum absolute atomic E-state index is 2.49. The summed E-state index contributed by atoms with van der Waals surface area (Å²) < 4.78 is 0.428. The molecule has 0 fully saturated rings. The van der Waals surface area contributed by atoms with Crippen molar-refractivity contribution in [1.82, 2.24) is 0 Å². The van der Waals surface area contributed by atoms with Crippen LogP contribution in [0.4, 0.5) is 0 Å². The summed E-state index contributed by atoms with van der Waals surface area (Å²) in [5.74, 6) is 0. The molecular weight excluding hydrogens is 451 g/mol. The maximum atomic E-state index is 2.49. The molecule has 0 aliphatic rings. The van der Waals surface area contributed by atoms with E-state index in [1.807, 2.05) is 0 Å². The molecule has 0 amide bonds. The van der Waals surface area contributed by atoms with Gasteiger partial charge in [0, 0.05) is 0 Å². The predicted molar refractivity (Wildman–Crippen MR) is 132 cm³/mol. The average molecular weight is 484 g/mol. The van der Waals surface area contributed by atoms with E-state index in [0.29, 0.717) is 0 Å². The first-order valence-electron chi connectivity index (χ1n) is 10.0. The Morgan fingerprint density at radius 3 is 0.821 bits per heavy atom. The van der Waals surface area contributed by atoms with Crippen molar-refractivity contribution in [3.8, 4) is 0 Å². The van der Waals surface area contributed by atoms with Crippen LogP contribution in [0.1, 0.15) is 58.2 Å². The monoisotopic (exact) mass is 484 g/mol. The first-order chi connectivity index (χ1) is 13.2. The third kappa shape index (κ3) is 3.91. The fourth-order valence-corrected chi connectivity index (χ4v) is 17.7. The van der Waals surface area contributed by atoms with Gasteiger partial charge in [-0.25, -0.2) is 0 Å². The van der Waals surface area contributed by atoms with Crippen LogP contribution in [-0.4, -0.2) is 0 Å². The van der Waals surface area contributed by atoms with E-state index in [0.717, 1.165) is 0 Å². The van der Waals surface area contributed by atoms with Gasteiger partial charge in [0.1, 0.15) is 0 Å². The molecule has 0 saturated carbocycles. The summed E-state index contributed by atoms with van der Waals surface area (Å²) in [7, 11) is 0. The molecule has 0 saturated heterocycles. The predicted octanol–water partition coefficient (Wildman–Crippen LogP) is 8.30. The van der Waals surface area contributed by atoms with E-state index in [-0.39, 0.29) is 10.3 Å². The minimum absolute atomic E-state index is 0.143. The number of rotatable bonds is 6. The van der Waals surface area contributed by atoms with Crippen LogP contribution in [0.3, 0.4) is 0 Å². The van der Waals surface area contributed by atoms with E-state index in [2.05, 4.69) is 133 Å². The van der Waals surface area contributed by atoms with Crippen LogP contribution in [0.5, 0.6) is 0 Å². The minimum atomic E-state index is -1.79. The third-order valence-electron chi connectivity index (χ3n) is 5.80. The molecule has 0 heterocycles. The Kier molecular flexibility index (Phi) is 6.05. The molecule has 0 radical (unpaired) electrons. The van der Waals surface area contributed by atoms with Crippen molar-refractivity contribution in [2.24, 2.45) is 0 Å². The van der Waals surface area contributed by atoms with E-state index in [4.69, 9.17) is 0 Å². The van der Waals surface area contributed by atoms with E-state index in [1.54, 1.807) is 0 Å². The molecule has 1 heteroatoms. The van der Waals surface area contributed by atoms with E-state index >= 15 is 0 Å². The van der Waals surface area contributed by atoms with Crippen molar-refractivity contribution in [2.45, 2.75) is 51.8 Å². The molecule has 0 aliphatic carbocycles. The second-order valence-electron chi connectivity index (χ2n) is 8.80. The number of alkyl halides is 3. The second-order valence-corrected chi connectivity index (χ2v) is 18.5. The molecule has 148 valence electrons. The summed E-state index contributed by atoms with van der Waals surface area (Å²) >= 11 is -1.79. The van der Waals surface area contributed by atoms with Gasteiger partial charge in [0.15, 0.2) is 0 Å². The van der Waals surface area contributed by atoms with Crippen molar-refractivity contribution >= 4 is 19.8 Å². The number of hydrogen-bond donors (Lipinski definition) is 0. The summed E-state index contributed by atoms with van der Waals surface area (Å²) in [5, 5.41) is 0. The van der Waals surface area contributed by atoms with Crippen LogP contribution >= 0.6 is 19.8 Å². The van der Waals surface area contributed by atoms with Gasteiger partial charge >= 0.3 is 179 Å². The molecule has 0 atom stereocenters. The van der Waals surface area contributed by atoms with Gasteiger partial charge in [0.2, 0.25) is 0 Å². The summed E-state index contributed by atoms with van der Waals surface area (Å²) in [4.78, 5) is 0. The number of benzene rings is 3. The summed E-state index contributed by atoms with van der Waals surface area (Å²) in [6.45, 7) is 14.9. The Balaban J connectivity index is 2.23. The van der Waals surface area contributed by atoms with Crippen LogP contribution in [-0.2, 0) is 10.3 Å². The Morgan fingerprint density at radius 2 is 0.607 bits per heavy atom. The molecule has 0 bridgehead atoms. The van der Waals surface area contributed by atoms with E-state index in [1.165, 1.54) is 16.7 Å². The molecule has 0 N–H and O–H groups in total. The summed E-state index contributed by atoms with van der Waals surface area (Å²) in [5.41, 5.74) is 4.40. The van der Waals surface area contributed by atoms with Gasteiger partial charge in [0.05, 0.1) is 0 Å². The zero-order valence-corrected chi connectivity index (χ0v) is 20.2. The molecule has 3 aromatic carbocycles. The number of halogens is 1. The van der Waals surface area contributed by atoms with Crippen LogP contribution in [0.2, 0.25) is 0 Å². The van der Waals surface area contributed by atoms with Gasteiger partial charge in [-0.2, -0.15) is 0 Å². The molecule has 3 rings (SSSR count). The van der Waals surface area contributed by atoms with Crippen molar-refractivity contribution in [1.29, 1.82) is 0 Å². The van der Waals surface area contributed by atoms with E-state index < -0.39 is 19.8 Å². The Hall–Kier alpha value is -1.61. The SMILES string of the molecule is CC(C)(c1ccccc1)I(C(C)(C)c1ccccc1)C(C)(C)c1ccccc1. The van der Waals surface area contributed by atoms with Crippen molar-refractivity contribution in [3.63, 3.8) is 0 Å². The first-order valence-corrected chi connectivity index (χ1v) is 13.3. The van der Waals surface area contributed by atoms with Crippen LogP contribution in [0, 0.1) is 0 Å². The molecule has 28 heavy (non-hydrogen) atoms. The third-order valence-corrected chi connectivity index (χ3v) is 15.8. The van der Waals surface area contributed by atoms with Crippen LogP contribution in [0.15, 0.2) is 91.0 Å². The normalized spacial score (nSPS) is 13.3. The fourth-order valence-electron chi connectivity index (χ4n) is 4.60. The Morgan fingerprint density at radius 1 is 0.393 bits per heavy atom. The second kappa shape index (κ2) is 8.02. The van der Waals surface area contributed by atoms with E-state index in [9.17, 15) is 0 Å². The van der Waals surface area contributed by atoms with Gasteiger partial charge in [0.25, 0.3) is 0 Å².